The Bertz CT molecular complexity index is 926. The molecule has 0 aromatic heterocycles. The van der Waals surface area contributed by atoms with E-state index in [2.05, 4.69) is 37.1 Å². The highest BCUT2D eigenvalue weighted by atomic mass is 16.2. The van der Waals surface area contributed by atoms with Gasteiger partial charge in [0.05, 0.1) is 22.6 Å². The molecule has 1 unspecified atom stereocenters. The van der Waals surface area contributed by atoms with Crippen LogP contribution in [0.1, 0.15) is 44.7 Å². The Morgan fingerprint density at radius 1 is 1.04 bits per heavy atom. The summed E-state index contributed by atoms with van der Waals surface area (Å²) >= 11 is 0. The average Bonchev–Trinajstić information content (AvgIpc) is 3.01. The third kappa shape index (κ3) is 2.89. The van der Waals surface area contributed by atoms with Gasteiger partial charge in [-0.1, -0.05) is 56.3 Å². The molecule has 0 bridgehead atoms. The molecule has 0 saturated carbocycles. The Kier molecular flexibility index (Phi) is 4.42. The fraction of sp³-hybridized carbons (Fsp3) is 0.348. The smallest absolute Gasteiger partial charge is 0.262 e. The number of hydrogen-bond acceptors (Lipinski definition) is 3. The zero-order chi connectivity index (χ0) is 19.0. The molecule has 2 aromatic carbocycles. The standard InChI is InChI=1S/C23H25N3O/c1-4-23(5-2)15-17-11-9-10-14-19(17)21(24-23)20-16(3)25-26(22(20)27)18-12-7-6-8-13-18/h6-14,20H,4-5,15H2,1-3H3. The number of rotatable bonds is 4. The number of amides is 1. The molecule has 4 nitrogen and oxygen atoms in total. The summed E-state index contributed by atoms with van der Waals surface area (Å²) in [5.41, 5.74) is 4.73. The monoisotopic (exact) mass is 359 g/mol. The highest BCUT2D eigenvalue weighted by Crippen LogP contribution is 2.36. The SMILES string of the molecule is CCC1(CC)Cc2ccccc2C(C2C(=O)N(c3ccccc3)N=C2C)=N1. The maximum absolute atomic E-state index is 13.3. The van der Waals surface area contributed by atoms with Crippen molar-refractivity contribution in [1.82, 2.24) is 0 Å². The van der Waals surface area contributed by atoms with E-state index in [1.54, 1.807) is 0 Å². The number of para-hydroxylation sites is 1. The van der Waals surface area contributed by atoms with Crippen LogP contribution < -0.4 is 5.01 Å². The van der Waals surface area contributed by atoms with Gasteiger partial charge in [-0.3, -0.25) is 9.79 Å². The lowest BCUT2D eigenvalue weighted by molar-refractivity contribution is -0.118. The molecule has 138 valence electrons. The van der Waals surface area contributed by atoms with Crippen LogP contribution in [0, 0.1) is 5.92 Å². The molecule has 0 saturated heterocycles. The van der Waals surface area contributed by atoms with Crippen molar-refractivity contribution in [2.24, 2.45) is 16.0 Å². The van der Waals surface area contributed by atoms with E-state index in [0.717, 1.165) is 41.9 Å². The first-order valence-electron chi connectivity index (χ1n) is 9.70. The Morgan fingerprint density at radius 3 is 2.41 bits per heavy atom. The molecule has 2 aliphatic heterocycles. The van der Waals surface area contributed by atoms with Crippen LogP contribution in [-0.2, 0) is 11.2 Å². The van der Waals surface area contributed by atoms with E-state index < -0.39 is 5.92 Å². The highest BCUT2D eigenvalue weighted by molar-refractivity contribution is 6.32. The molecule has 1 atom stereocenters. The normalized spacial score (nSPS) is 20.9. The molecule has 1 amide bonds. The van der Waals surface area contributed by atoms with E-state index in [4.69, 9.17) is 4.99 Å². The number of hydrazone groups is 1. The molecule has 4 rings (SSSR count). The predicted molar refractivity (Wildman–Crippen MR) is 111 cm³/mol. The Labute approximate surface area is 160 Å². The number of carbonyl (C=O) groups is 1. The number of hydrogen-bond donors (Lipinski definition) is 0. The largest absolute Gasteiger partial charge is 0.281 e. The first-order valence-corrected chi connectivity index (χ1v) is 9.70. The molecular weight excluding hydrogens is 334 g/mol. The van der Waals surface area contributed by atoms with Gasteiger partial charge in [0.2, 0.25) is 0 Å². The van der Waals surface area contributed by atoms with Crippen LogP contribution >= 0.6 is 0 Å². The average molecular weight is 359 g/mol. The topological polar surface area (TPSA) is 45.0 Å². The Morgan fingerprint density at radius 2 is 1.70 bits per heavy atom. The molecule has 0 fully saturated rings. The van der Waals surface area contributed by atoms with Gasteiger partial charge < -0.3 is 0 Å². The molecular formula is C23H25N3O. The minimum atomic E-state index is -0.413. The van der Waals surface area contributed by atoms with E-state index in [1.165, 1.54) is 10.6 Å². The number of benzene rings is 2. The lowest BCUT2D eigenvalue weighted by Crippen LogP contribution is -2.40. The molecule has 2 aromatic rings. The van der Waals surface area contributed by atoms with Crippen LogP contribution in [-0.4, -0.2) is 22.9 Å². The predicted octanol–water partition coefficient (Wildman–Crippen LogP) is 4.63. The number of anilines is 1. The van der Waals surface area contributed by atoms with E-state index in [1.807, 2.05) is 43.3 Å². The maximum atomic E-state index is 13.3. The van der Waals surface area contributed by atoms with E-state index >= 15 is 0 Å². The van der Waals surface area contributed by atoms with Crippen molar-refractivity contribution in [2.45, 2.75) is 45.6 Å². The third-order valence-corrected chi connectivity index (χ3v) is 5.89. The first kappa shape index (κ1) is 17.7. The van der Waals surface area contributed by atoms with Gasteiger partial charge >= 0.3 is 0 Å². The fourth-order valence-electron chi connectivity index (χ4n) is 4.15. The summed E-state index contributed by atoms with van der Waals surface area (Å²) in [6, 6.07) is 18.0. The van der Waals surface area contributed by atoms with Crippen LogP contribution in [0.15, 0.2) is 64.7 Å². The van der Waals surface area contributed by atoms with Gasteiger partial charge in [0.25, 0.3) is 5.91 Å². The van der Waals surface area contributed by atoms with Crippen LogP contribution in [0.5, 0.6) is 0 Å². The van der Waals surface area contributed by atoms with Gasteiger partial charge in [-0.25, -0.2) is 0 Å². The van der Waals surface area contributed by atoms with Crippen LogP contribution in [0.2, 0.25) is 0 Å². The summed E-state index contributed by atoms with van der Waals surface area (Å²) < 4.78 is 0. The minimum absolute atomic E-state index is 0.0183. The van der Waals surface area contributed by atoms with Crippen molar-refractivity contribution in [3.63, 3.8) is 0 Å². The van der Waals surface area contributed by atoms with Gasteiger partial charge in [-0.05, 0) is 43.9 Å². The van der Waals surface area contributed by atoms with Crippen LogP contribution in [0.4, 0.5) is 5.69 Å². The van der Waals surface area contributed by atoms with Crippen molar-refractivity contribution >= 4 is 23.0 Å². The molecule has 0 spiro atoms. The molecule has 0 N–H and O–H groups in total. The molecule has 2 aliphatic rings. The summed E-state index contributed by atoms with van der Waals surface area (Å²) in [5.74, 6) is -0.431. The zero-order valence-corrected chi connectivity index (χ0v) is 16.1. The summed E-state index contributed by atoms with van der Waals surface area (Å²) in [6.45, 7) is 6.31. The molecule has 27 heavy (non-hydrogen) atoms. The zero-order valence-electron chi connectivity index (χ0n) is 16.1. The van der Waals surface area contributed by atoms with Gasteiger partial charge in [0.15, 0.2) is 0 Å². The number of aliphatic imine (C=N–C) groups is 1. The van der Waals surface area contributed by atoms with Crippen LogP contribution in [0.3, 0.4) is 0 Å². The quantitative estimate of drug-likeness (QED) is 0.785. The van der Waals surface area contributed by atoms with E-state index in [0.29, 0.717) is 0 Å². The lowest BCUT2D eigenvalue weighted by Gasteiger charge is -2.35. The number of fused-ring (bicyclic) bond motifs is 1. The number of carbonyl (C=O) groups excluding carboxylic acids is 1. The summed E-state index contributed by atoms with van der Waals surface area (Å²) in [4.78, 5) is 18.5. The lowest BCUT2D eigenvalue weighted by atomic mass is 9.78. The van der Waals surface area contributed by atoms with Gasteiger partial charge in [-0.15, -0.1) is 0 Å². The Hall–Kier alpha value is -2.75. The molecule has 0 aliphatic carbocycles. The third-order valence-electron chi connectivity index (χ3n) is 5.89. The van der Waals surface area contributed by atoms with Crippen molar-refractivity contribution in [2.75, 3.05) is 5.01 Å². The minimum Gasteiger partial charge on any atom is -0.281 e. The summed E-state index contributed by atoms with van der Waals surface area (Å²) in [5, 5.41) is 6.12. The fourth-order valence-corrected chi connectivity index (χ4v) is 4.15. The number of nitrogens with zero attached hydrogens (tertiary/aromatic N) is 3. The van der Waals surface area contributed by atoms with Crippen molar-refractivity contribution in [1.29, 1.82) is 0 Å². The first-order chi connectivity index (χ1) is 13.1. The second-order valence-electron chi connectivity index (χ2n) is 7.42. The summed E-state index contributed by atoms with van der Waals surface area (Å²) in [6.07, 6.45) is 2.85. The highest BCUT2D eigenvalue weighted by Gasteiger charge is 2.42. The summed E-state index contributed by atoms with van der Waals surface area (Å²) in [7, 11) is 0. The van der Waals surface area contributed by atoms with Gasteiger partial charge in [-0.2, -0.15) is 10.1 Å². The van der Waals surface area contributed by atoms with Crippen molar-refractivity contribution < 1.29 is 4.79 Å². The molecule has 4 heteroatoms. The molecule has 0 radical (unpaired) electrons. The van der Waals surface area contributed by atoms with Crippen molar-refractivity contribution in [3.8, 4) is 0 Å². The van der Waals surface area contributed by atoms with Gasteiger partial charge in [0.1, 0.15) is 5.92 Å². The Balaban J connectivity index is 1.80. The maximum Gasteiger partial charge on any atom is 0.262 e. The van der Waals surface area contributed by atoms with E-state index in [-0.39, 0.29) is 11.4 Å². The van der Waals surface area contributed by atoms with Gasteiger partial charge in [0, 0.05) is 5.56 Å². The van der Waals surface area contributed by atoms with E-state index in [9.17, 15) is 4.79 Å². The van der Waals surface area contributed by atoms with Crippen LogP contribution in [0.25, 0.3) is 0 Å². The molecule has 2 heterocycles. The second kappa shape index (κ2) is 6.76. The van der Waals surface area contributed by atoms with Crippen molar-refractivity contribution in [3.05, 3.63) is 65.7 Å². The second-order valence-corrected chi connectivity index (χ2v) is 7.42.